The standard InChI is InChI=1S/C17H27NO3/c1-13(18-8-4-7-17(2,3)12-19)14-5-6-15-16(11-14)21-10-9-20-15/h5-6,11,13,18-19H,4,7-10,12H2,1-3H3. The van der Waals surface area contributed by atoms with Gasteiger partial charge in [0.25, 0.3) is 0 Å². The zero-order valence-corrected chi connectivity index (χ0v) is 13.3. The Kier molecular flexibility index (Phi) is 5.48. The number of rotatable bonds is 7. The van der Waals surface area contributed by atoms with E-state index in [9.17, 15) is 5.11 Å². The van der Waals surface area contributed by atoms with Crippen molar-refractivity contribution in [1.82, 2.24) is 5.32 Å². The van der Waals surface area contributed by atoms with Crippen LogP contribution in [0.1, 0.15) is 45.2 Å². The van der Waals surface area contributed by atoms with Crippen LogP contribution in [-0.2, 0) is 0 Å². The van der Waals surface area contributed by atoms with E-state index in [0.717, 1.165) is 30.9 Å². The van der Waals surface area contributed by atoms with Gasteiger partial charge in [0, 0.05) is 12.6 Å². The van der Waals surface area contributed by atoms with Crippen molar-refractivity contribution in [2.75, 3.05) is 26.4 Å². The van der Waals surface area contributed by atoms with Gasteiger partial charge in [-0.15, -0.1) is 0 Å². The van der Waals surface area contributed by atoms with Crippen molar-refractivity contribution in [3.63, 3.8) is 0 Å². The Hall–Kier alpha value is -1.26. The van der Waals surface area contributed by atoms with Crippen molar-refractivity contribution in [2.45, 2.75) is 39.7 Å². The molecule has 0 saturated heterocycles. The van der Waals surface area contributed by atoms with Crippen LogP contribution in [0.15, 0.2) is 18.2 Å². The lowest BCUT2D eigenvalue weighted by molar-refractivity contribution is 0.147. The summed E-state index contributed by atoms with van der Waals surface area (Å²) >= 11 is 0. The summed E-state index contributed by atoms with van der Waals surface area (Å²) in [6.07, 6.45) is 2.08. The molecule has 1 aliphatic heterocycles. The molecule has 1 aliphatic rings. The number of benzene rings is 1. The fraction of sp³-hybridized carbons (Fsp3) is 0.647. The first kappa shape index (κ1) is 16.1. The van der Waals surface area contributed by atoms with Gasteiger partial charge >= 0.3 is 0 Å². The van der Waals surface area contributed by atoms with Crippen LogP contribution in [-0.4, -0.2) is 31.5 Å². The molecule has 0 spiro atoms. The van der Waals surface area contributed by atoms with Gasteiger partial charge in [0.2, 0.25) is 0 Å². The number of ether oxygens (including phenoxy) is 2. The Morgan fingerprint density at radius 1 is 1.24 bits per heavy atom. The number of aliphatic hydroxyl groups is 1. The summed E-state index contributed by atoms with van der Waals surface area (Å²) < 4.78 is 11.2. The maximum atomic E-state index is 9.25. The highest BCUT2D eigenvalue weighted by Crippen LogP contribution is 2.32. The van der Waals surface area contributed by atoms with Crippen LogP contribution in [0.4, 0.5) is 0 Å². The largest absolute Gasteiger partial charge is 0.486 e. The lowest BCUT2D eigenvalue weighted by Gasteiger charge is -2.23. The molecular formula is C17H27NO3. The number of hydrogen-bond donors (Lipinski definition) is 2. The highest BCUT2D eigenvalue weighted by molar-refractivity contribution is 5.44. The third-order valence-electron chi connectivity index (χ3n) is 3.98. The third-order valence-corrected chi connectivity index (χ3v) is 3.98. The third kappa shape index (κ3) is 4.61. The maximum Gasteiger partial charge on any atom is 0.161 e. The molecule has 0 fully saturated rings. The lowest BCUT2D eigenvalue weighted by atomic mass is 9.89. The molecule has 2 rings (SSSR count). The van der Waals surface area contributed by atoms with Gasteiger partial charge < -0.3 is 19.9 Å². The second-order valence-corrected chi connectivity index (χ2v) is 6.50. The van der Waals surface area contributed by atoms with Gasteiger partial charge in [-0.25, -0.2) is 0 Å². The minimum atomic E-state index is 0.0158. The van der Waals surface area contributed by atoms with Crippen LogP contribution < -0.4 is 14.8 Å². The molecule has 118 valence electrons. The van der Waals surface area contributed by atoms with Gasteiger partial charge in [-0.2, -0.15) is 0 Å². The summed E-state index contributed by atoms with van der Waals surface area (Å²) in [6, 6.07) is 6.40. The monoisotopic (exact) mass is 293 g/mol. The molecule has 1 heterocycles. The van der Waals surface area contributed by atoms with E-state index in [1.807, 2.05) is 6.07 Å². The van der Waals surface area contributed by atoms with E-state index in [-0.39, 0.29) is 18.1 Å². The Balaban J connectivity index is 1.82. The summed E-state index contributed by atoms with van der Waals surface area (Å²) in [5, 5.41) is 12.8. The van der Waals surface area contributed by atoms with E-state index >= 15 is 0 Å². The maximum absolute atomic E-state index is 9.25. The number of hydrogen-bond acceptors (Lipinski definition) is 4. The first-order valence-electron chi connectivity index (χ1n) is 7.76. The molecule has 0 bridgehead atoms. The highest BCUT2D eigenvalue weighted by atomic mass is 16.6. The van der Waals surface area contributed by atoms with E-state index < -0.39 is 0 Å². The fourth-order valence-electron chi connectivity index (χ4n) is 2.41. The second kappa shape index (κ2) is 7.14. The van der Waals surface area contributed by atoms with E-state index in [1.165, 1.54) is 5.56 Å². The predicted octanol–water partition coefficient (Wildman–Crippen LogP) is 2.91. The zero-order valence-electron chi connectivity index (χ0n) is 13.3. The molecule has 1 aromatic carbocycles. The summed E-state index contributed by atoms with van der Waals surface area (Å²) in [4.78, 5) is 0. The average Bonchev–Trinajstić information content (AvgIpc) is 2.51. The molecule has 1 unspecified atom stereocenters. The average molecular weight is 293 g/mol. The van der Waals surface area contributed by atoms with Gasteiger partial charge in [-0.3, -0.25) is 0 Å². The van der Waals surface area contributed by atoms with Crippen molar-refractivity contribution in [2.24, 2.45) is 5.41 Å². The van der Waals surface area contributed by atoms with Gasteiger partial charge in [-0.1, -0.05) is 19.9 Å². The second-order valence-electron chi connectivity index (χ2n) is 6.50. The quantitative estimate of drug-likeness (QED) is 0.759. The van der Waals surface area contributed by atoms with Crippen LogP contribution in [0.3, 0.4) is 0 Å². The van der Waals surface area contributed by atoms with Crippen LogP contribution in [0.5, 0.6) is 11.5 Å². The molecule has 0 amide bonds. The number of fused-ring (bicyclic) bond motifs is 1. The zero-order chi connectivity index (χ0) is 15.3. The summed E-state index contributed by atoms with van der Waals surface area (Å²) in [7, 11) is 0. The summed E-state index contributed by atoms with van der Waals surface area (Å²) in [6.45, 7) is 8.77. The molecule has 1 aromatic rings. The Morgan fingerprint density at radius 3 is 2.67 bits per heavy atom. The van der Waals surface area contributed by atoms with E-state index in [2.05, 4.69) is 38.2 Å². The molecule has 4 nitrogen and oxygen atoms in total. The topological polar surface area (TPSA) is 50.7 Å². The molecule has 0 aliphatic carbocycles. The normalized spacial score (nSPS) is 15.8. The minimum Gasteiger partial charge on any atom is -0.486 e. The van der Waals surface area contributed by atoms with Gasteiger partial charge in [0.05, 0.1) is 0 Å². The van der Waals surface area contributed by atoms with Crippen molar-refractivity contribution in [3.8, 4) is 11.5 Å². The highest BCUT2D eigenvalue weighted by Gasteiger charge is 2.16. The van der Waals surface area contributed by atoms with E-state index in [1.54, 1.807) is 0 Å². The first-order chi connectivity index (χ1) is 10.0. The Labute approximate surface area is 127 Å². The van der Waals surface area contributed by atoms with Crippen molar-refractivity contribution in [1.29, 1.82) is 0 Å². The predicted molar refractivity (Wildman–Crippen MR) is 84.0 cm³/mol. The van der Waals surface area contributed by atoms with Crippen LogP contribution in [0.25, 0.3) is 0 Å². The molecule has 1 atom stereocenters. The van der Waals surface area contributed by atoms with Gasteiger partial charge in [-0.05, 0) is 49.4 Å². The molecule has 4 heteroatoms. The number of nitrogens with one attached hydrogen (secondary N) is 1. The SMILES string of the molecule is CC(NCCCC(C)(C)CO)c1ccc2c(c1)OCCO2. The van der Waals surface area contributed by atoms with Gasteiger partial charge in [0.1, 0.15) is 13.2 Å². The molecule has 2 N–H and O–H groups in total. The molecule has 0 saturated carbocycles. The van der Waals surface area contributed by atoms with Crippen molar-refractivity contribution < 1.29 is 14.6 Å². The summed E-state index contributed by atoms with van der Waals surface area (Å²) in [5.41, 5.74) is 1.22. The fourth-order valence-corrected chi connectivity index (χ4v) is 2.41. The minimum absolute atomic E-state index is 0.0158. The van der Waals surface area contributed by atoms with Crippen LogP contribution in [0.2, 0.25) is 0 Å². The van der Waals surface area contributed by atoms with Crippen LogP contribution in [0, 0.1) is 5.41 Å². The van der Waals surface area contributed by atoms with E-state index in [4.69, 9.17) is 9.47 Å². The molecule has 21 heavy (non-hydrogen) atoms. The van der Waals surface area contributed by atoms with E-state index in [0.29, 0.717) is 13.2 Å². The molecular weight excluding hydrogens is 266 g/mol. The van der Waals surface area contributed by atoms with Gasteiger partial charge in [0.15, 0.2) is 11.5 Å². The smallest absolute Gasteiger partial charge is 0.161 e. The van der Waals surface area contributed by atoms with Crippen LogP contribution >= 0.6 is 0 Å². The Morgan fingerprint density at radius 2 is 1.95 bits per heavy atom. The summed E-state index contributed by atoms with van der Waals surface area (Å²) in [5.74, 6) is 1.68. The van der Waals surface area contributed by atoms with Crippen molar-refractivity contribution in [3.05, 3.63) is 23.8 Å². The Bertz CT molecular complexity index is 459. The number of aliphatic hydroxyl groups excluding tert-OH is 1. The van der Waals surface area contributed by atoms with Crippen molar-refractivity contribution >= 4 is 0 Å². The molecule has 0 aromatic heterocycles. The molecule has 0 radical (unpaired) electrons. The lowest BCUT2D eigenvalue weighted by Crippen LogP contribution is -2.23. The first-order valence-corrected chi connectivity index (χ1v) is 7.76.